The van der Waals surface area contributed by atoms with Gasteiger partial charge in [0, 0.05) is 19.7 Å². The van der Waals surface area contributed by atoms with Gasteiger partial charge in [-0.05, 0) is 38.5 Å². The Kier molecular flexibility index (Phi) is 15.7. The van der Waals surface area contributed by atoms with Crippen molar-refractivity contribution in [3.05, 3.63) is 12.2 Å². The van der Waals surface area contributed by atoms with Crippen LogP contribution in [0.3, 0.4) is 0 Å². The SMILES string of the molecule is CCCCCNC(=O)NCCCC/C=C/CCCOCC(=O)O. The Hall–Kier alpha value is -1.56. The number of nitrogens with one attached hydrogen (secondary N) is 2. The molecule has 0 spiro atoms. The minimum Gasteiger partial charge on any atom is -0.480 e. The molecular weight excluding hydrogens is 296 g/mol. The number of hydrogen-bond donors (Lipinski definition) is 3. The summed E-state index contributed by atoms with van der Waals surface area (Å²) in [5, 5.41) is 14.1. The molecule has 6 heteroatoms. The van der Waals surface area contributed by atoms with Crippen LogP contribution < -0.4 is 10.6 Å². The Bertz CT molecular complexity index is 333. The number of carbonyl (C=O) groups excluding carboxylic acids is 1. The van der Waals surface area contributed by atoms with Crippen molar-refractivity contribution in [2.75, 3.05) is 26.3 Å². The number of amides is 2. The number of rotatable bonds is 15. The van der Waals surface area contributed by atoms with Crippen LogP contribution in [0.25, 0.3) is 0 Å². The predicted molar refractivity (Wildman–Crippen MR) is 91.6 cm³/mol. The van der Waals surface area contributed by atoms with Crippen molar-refractivity contribution in [3.63, 3.8) is 0 Å². The van der Waals surface area contributed by atoms with Crippen LogP contribution in [0.5, 0.6) is 0 Å². The molecule has 0 aromatic rings. The highest BCUT2D eigenvalue weighted by molar-refractivity contribution is 5.73. The molecule has 0 heterocycles. The van der Waals surface area contributed by atoms with Gasteiger partial charge in [-0.15, -0.1) is 0 Å². The van der Waals surface area contributed by atoms with Crippen molar-refractivity contribution in [1.29, 1.82) is 0 Å². The van der Waals surface area contributed by atoms with Crippen molar-refractivity contribution >= 4 is 12.0 Å². The van der Waals surface area contributed by atoms with Crippen LogP contribution in [0.4, 0.5) is 4.79 Å². The fourth-order valence-corrected chi connectivity index (χ4v) is 1.93. The van der Waals surface area contributed by atoms with E-state index in [1.54, 1.807) is 0 Å². The zero-order valence-corrected chi connectivity index (χ0v) is 14.3. The molecular formula is C17H32N2O4. The summed E-state index contributed by atoms with van der Waals surface area (Å²) in [5.74, 6) is -0.927. The minimum atomic E-state index is -0.927. The maximum Gasteiger partial charge on any atom is 0.329 e. The molecule has 0 fully saturated rings. The lowest BCUT2D eigenvalue weighted by Crippen LogP contribution is -2.36. The molecule has 0 radical (unpaired) electrons. The number of carboxylic acid groups (broad SMARTS) is 1. The summed E-state index contributed by atoms with van der Waals surface area (Å²) in [6.07, 6.45) is 12.3. The summed E-state index contributed by atoms with van der Waals surface area (Å²) in [4.78, 5) is 21.6. The average Bonchev–Trinajstić information content (AvgIpc) is 2.52. The number of carboxylic acids is 1. The maximum atomic E-state index is 11.4. The molecule has 3 N–H and O–H groups in total. The molecule has 0 aliphatic heterocycles. The van der Waals surface area contributed by atoms with E-state index in [2.05, 4.69) is 29.7 Å². The zero-order chi connectivity index (χ0) is 17.2. The molecule has 0 aromatic heterocycles. The van der Waals surface area contributed by atoms with Gasteiger partial charge in [0.2, 0.25) is 0 Å². The lowest BCUT2D eigenvalue weighted by Gasteiger charge is -2.06. The Morgan fingerprint density at radius 3 is 2.17 bits per heavy atom. The monoisotopic (exact) mass is 328 g/mol. The second-order valence-electron chi connectivity index (χ2n) is 5.45. The van der Waals surface area contributed by atoms with Crippen molar-refractivity contribution in [2.45, 2.75) is 58.3 Å². The number of aliphatic carboxylic acids is 1. The van der Waals surface area contributed by atoms with Crippen LogP contribution in [-0.4, -0.2) is 43.4 Å². The van der Waals surface area contributed by atoms with Crippen LogP contribution in [0, 0.1) is 0 Å². The van der Waals surface area contributed by atoms with Crippen LogP contribution >= 0.6 is 0 Å². The van der Waals surface area contributed by atoms with Gasteiger partial charge in [-0.25, -0.2) is 9.59 Å². The van der Waals surface area contributed by atoms with Crippen LogP contribution in [0.2, 0.25) is 0 Å². The van der Waals surface area contributed by atoms with E-state index in [4.69, 9.17) is 9.84 Å². The van der Waals surface area contributed by atoms with E-state index in [9.17, 15) is 9.59 Å². The summed E-state index contributed by atoms with van der Waals surface area (Å²) in [6.45, 7) is 3.85. The quantitative estimate of drug-likeness (QED) is 0.318. The molecule has 6 nitrogen and oxygen atoms in total. The van der Waals surface area contributed by atoms with Gasteiger partial charge in [-0.3, -0.25) is 0 Å². The van der Waals surface area contributed by atoms with E-state index >= 15 is 0 Å². The third-order valence-corrected chi connectivity index (χ3v) is 3.20. The molecule has 0 saturated carbocycles. The standard InChI is InChI=1S/C17H32N2O4/c1-2-3-9-12-18-17(22)19-13-10-7-5-4-6-8-11-14-23-15-16(20)21/h4,6H,2-3,5,7-15H2,1H3,(H,20,21)(H2,18,19,22)/b6-4+. The molecule has 0 bridgehead atoms. The van der Waals surface area contributed by atoms with Gasteiger partial charge in [0.15, 0.2) is 0 Å². The molecule has 0 aliphatic carbocycles. The van der Waals surface area contributed by atoms with Gasteiger partial charge in [-0.2, -0.15) is 0 Å². The van der Waals surface area contributed by atoms with Gasteiger partial charge < -0.3 is 20.5 Å². The topological polar surface area (TPSA) is 87.7 Å². The molecule has 0 rings (SSSR count). The summed E-state index contributed by atoms with van der Waals surface area (Å²) >= 11 is 0. The third kappa shape index (κ3) is 18.4. The molecule has 23 heavy (non-hydrogen) atoms. The van der Waals surface area contributed by atoms with Crippen LogP contribution in [0.15, 0.2) is 12.2 Å². The number of carbonyl (C=O) groups is 2. The number of urea groups is 1. The largest absolute Gasteiger partial charge is 0.480 e. The molecule has 0 saturated heterocycles. The fraction of sp³-hybridized carbons (Fsp3) is 0.765. The lowest BCUT2D eigenvalue weighted by molar-refractivity contribution is -0.142. The van der Waals surface area contributed by atoms with Gasteiger partial charge in [0.05, 0.1) is 0 Å². The third-order valence-electron chi connectivity index (χ3n) is 3.20. The van der Waals surface area contributed by atoms with E-state index in [1.807, 2.05) is 0 Å². The van der Waals surface area contributed by atoms with Crippen molar-refractivity contribution in [2.24, 2.45) is 0 Å². The molecule has 0 unspecified atom stereocenters. The van der Waals surface area contributed by atoms with E-state index in [1.165, 1.54) is 0 Å². The van der Waals surface area contributed by atoms with Crippen LogP contribution in [-0.2, 0) is 9.53 Å². The number of unbranched alkanes of at least 4 members (excludes halogenated alkanes) is 5. The first-order valence-electron chi connectivity index (χ1n) is 8.63. The second kappa shape index (κ2) is 16.8. The summed E-state index contributed by atoms with van der Waals surface area (Å²) < 4.78 is 4.94. The first-order chi connectivity index (χ1) is 11.2. The highest BCUT2D eigenvalue weighted by Crippen LogP contribution is 1.99. The van der Waals surface area contributed by atoms with Crippen molar-refractivity contribution < 1.29 is 19.4 Å². The van der Waals surface area contributed by atoms with Crippen molar-refractivity contribution in [1.82, 2.24) is 10.6 Å². The Balaban J connectivity index is 3.24. The molecule has 0 aromatic carbocycles. The molecule has 0 aliphatic rings. The Morgan fingerprint density at radius 1 is 0.957 bits per heavy atom. The van der Waals surface area contributed by atoms with Gasteiger partial charge >= 0.3 is 12.0 Å². The number of ether oxygens (including phenoxy) is 1. The van der Waals surface area contributed by atoms with E-state index in [0.29, 0.717) is 13.2 Å². The highest BCUT2D eigenvalue weighted by Gasteiger charge is 1.97. The maximum absolute atomic E-state index is 11.4. The van der Waals surface area contributed by atoms with Crippen molar-refractivity contribution in [3.8, 4) is 0 Å². The molecule has 2 amide bonds. The number of allylic oxidation sites excluding steroid dienone is 2. The molecule has 134 valence electrons. The Morgan fingerprint density at radius 2 is 1.57 bits per heavy atom. The average molecular weight is 328 g/mol. The van der Waals surface area contributed by atoms with Gasteiger partial charge in [0.25, 0.3) is 0 Å². The van der Waals surface area contributed by atoms with E-state index in [0.717, 1.165) is 57.9 Å². The molecule has 0 atom stereocenters. The summed E-state index contributed by atoms with van der Waals surface area (Å²) in [7, 11) is 0. The first-order valence-corrected chi connectivity index (χ1v) is 8.63. The van der Waals surface area contributed by atoms with Crippen LogP contribution in [0.1, 0.15) is 58.3 Å². The van der Waals surface area contributed by atoms with E-state index < -0.39 is 5.97 Å². The lowest BCUT2D eigenvalue weighted by atomic mass is 10.2. The van der Waals surface area contributed by atoms with Gasteiger partial charge in [-0.1, -0.05) is 31.9 Å². The second-order valence-corrected chi connectivity index (χ2v) is 5.45. The summed E-state index contributed by atoms with van der Waals surface area (Å²) in [6, 6.07) is -0.0713. The fourth-order valence-electron chi connectivity index (χ4n) is 1.93. The smallest absolute Gasteiger partial charge is 0.329 e. The first kappa shape index (κ1) is 21.4. The normalized spacial score (nSPS) is 10.8. The number of hydrogen-bond acceptors (Lipinski definition) is 3. The zero-order valence-electron chi connectivity index (χ0n) is 14.3. The Labute approximate surface area is 139 Å². The minimum absolute atomic E-state index is 0.0713. The van der Waals surface area contributed by atoms with Gasteiger partial charge in [0.1, 0.15) is 6.61 Å². The predicted octanol–water partition coefficient (Wildman–Crippen LogP) is 3.08. The summed E-state index contributed by atoms with van der Waals surface area (Å²) in [5.41, 5.74) is 0. The van der Waals surface area contributed by atoms with E-state index in [-0.39, 0.29) is 12.6 Å². The highest BCUT2D eigenvalue weighted by atomic mass is 16.5.